The van der Waals surface area contributed by atoms with Crippen molar-refractivity contribution in [1.29, 1.82) is 0 Å². The number of benzene rings is 1. The number of pyridine rings is 1. The number of ether oxygens (including phenoxy) is 1. The molecule has 2 N–H and O–H groups in total. The van der Waals surface area contributed by atoms with E-state index in [0.717, 1.165) is 42.0 Å². The van der Waals surface area contributed by atoms with Gasteiger partial charge in [0.2, 0.25) is 5.95 Å². The van der Waals surface area contributed by atoms with Crippen molar-refractivity contribution >= 4 is 45.4 Å². The Balaban J connectivity index is 1.28. The molecule has 9 nitrogen and oxygen atoms in total. The molecule has 0 aliphatic carbocycles. The SMILES string of the molecule is C/C=C(\CCCNc1ccc(N(C)C(=O)OC)cc1)c1csc(NC(=O)c2cccn2Cc2ccnc(F)c2)n1. The molecule has 3 heterocycles. The van der Waals surface area contributed by atoms with Gasteiger partial charge in [0.05, 0.1) is 12.8 Å². The first-order valence-electron chi connectivity index (χ1n) is 12.7. The highest BCUT2D eigenvalue weighted by atomic mass is 32.1. The summed E-state index contributed by atoms with van der Waals surface area (Å²) in [5.74, 6) is -0.837. The van der Waals surface area contributed by atoms with Crippen molar-refractivity contribution in [2.75, 3.05) is 36.2 Å². The molecule has 0 saturated carbocycles. The van der Waals surface area contributed by atoms with Crippen molar-refractivity contribution in [3.05, 3.63) is 95.3 Å². The van der Waals surface area contributed by atoms with E-state index in [1.54, 1.807) is 36.0 Å². The number of carbonyl (C=O) groups excluding carboxylic acids is 2. The first-order valence-corrected chi connectivity index (χ1v) is 13.6. The maximum Gasteiger partial charge on any atom is 0.413 e. The van der Waals surface area contributed by atoms with Gasteiger partial charge in [0.1, 0.15) is 5.69 Å². The van der Waals surface area contributed by atoms with E-state index in [2.05, 4.69) is 20.6 Å². The number of amides is 2. The number of nitrogens with zero attached hydrogens (tertiary/aromatic N) is 4. The van der Waals surface area contributed by atoms with Crippen LogP contribution >= 0.6 is 11.3 Å². The molecule has 4 aromatic rings. The van der Waals surface area contributed by atoms with Gasteiger partial charge in [-0.2, -0.15) is 4.39 Å². The predicted octanol–water partition coefficient (Wildman–Crippen LogP) is 6.28. The van der Waals surface area contributed by atoms with Crippen molar-refractivity contribution in [1.82, 2.24) is 14.5 Å². The van der Waals surface area contributed by atoms with Crippen LogP contribution in [0.1, 0.15) is 41.5 Å². The first kappa shape index (κ1) is 28.5. The quantitative estimate of drug-likeness (QED) is 0.165. The Hall–Kier alpha value is -4.51. The highest BCUT2D eigenvalue weighted by Gasteiger charge is 2.15. The number of hydrogen-bond acceptors (Lipinski definition) is 7. The van der Waals surface area contributed by atoms with Crippen LogP contribution in [0.15, 0.2) is 72.4 Å². The zero-order valence-corrected chi connectivity index (χ0v) is 23.4. The van der Waals surface area contributed by atoms with Crippen LogP contribution < -0.4 is 15.5 Å². The summed E-state index contributed by atoms with van der Waals surface area (Å²) in [7, 11) is 3.01. The first-order chi connectivity index (χ1) is 19.4. The lowest BCUT2D eigenvalue weighted by atomic mass is 10.1. The van der Waals surface area contributed by atoms with Gasteiger partial charge >= 0.3 is 6.09 Å². The highest BCUT2D eigenvalue weighted by Crippen LogP contribution is 2.26. The van der Waals surface area contributed by atoms with Gasteiger partial charge in [-0.3, -0.25) is 15.0 Å². The van der Waals surface area contributed by atoms with Crippen LogP contribution in [-0.4, -0.2) is 47.2 Å². The minimum Gasteiger partial charge on any atom is -0.452 e. The molecule has 0 saturated heterocycles. The maximum absolute atomic E-state index is 13.5. The molecular weight excluding hydrogens is 531 g/mol. The van der Waals surface area contributed by atoms with Gasteiger partial charge in [0.25, 0.3) is 5.91 Å². The fourth-order valence-corrected chi connectivity index (χ4v) is 4.84. The van der Waals surface area contributed by atoms with Crippen LogP contribution in [0.25, 0.3) is 5.57 Å². The van der Waals surface area contributed by atoms with Gasteiger partial charge in [-0.05, 0) is 79.4 Å². The summed E-state index contributed by atoms with van der Waals surface area (Å²) in [6.07, 6.45) is 6.50. The molecule has 0 aliphatic heterocycles. The molecule has 40 heavy (non-hydrogen) atoms. The van der Waals surface area contributed by atoms with E-state index < -0.39 is 12.0 Å². The maximum atomic E-state index is 13.5. The Labute approximate surface area is 236 Å². The molecule has 0 fully saturated rings. The average molecular weight is 563 g/mol. The third kappa shape index (κ3) is 7.32. The average Bonchev–Trinajstić information content (AvgIpc) is 3.62. The fourth-order valence-electron chi connectivity index (χ4n) is 4.11. The molecular formula is C29H31FN6O3S. The molecule has 208 valence electrons. The van der Waals surface area contributed by atoms with Crippen LogP contribution in [0.2, 0.25) is 0 Å². The second-order valence-corrected chi connectivity index (χ2v) is 9.78. The highest BCUT2D eigenvalue weighted by molar-refractivity contribution is 7.14. The molecule has 0 bridgehead atoms. The fraction of sp³-hybridized carbons (Fsp3) is 0.241. The van der Waals surface area contributed by atoms with Crippen molar-refractivity contribution in [3.63, 3.8) is 0 Å². The number of rotatable bonds is 11. The summed E-state index contributed by atoms with van der Waals surface area (Å²) >= 11 is 1.37. The zero-order valence-electron chi connectivity index (χ0n) is 22.6. The Bertz CT molecular complexity index is 1480. The minimum atomic E-state index is -0.555. The third-order valence-electron chi connectivity index (χ3n) is 6.26. The molecule has 3 aromatic heterocycles. The molecule has 0 aliphatic rings. The summed E-state index contributed by atoms with van der Waals surface area (Å²) in [6, 6.07) is 14.1. The molecule has 0 atom stereocenters. The predicted molar refractivity (Wildman–Crippen MR) is 156 cm³/mol. The van der Waals surface area contributed by atoms with Crippen molar-refractivity contribution in [2.45, 2.75) is 26.3 Å². The molecule has 1 aromatic carbocycles. The van der Waals surface area contributed by atoms with E-state index in [1.807, 2.05) is 42.6 Å². The Morgan fingerprint density at radius 1 is 1.20 bits per heavy atom. The number of allylic oxidation sites excluding steroid dienone is 2. The van der Waals surface area contributed by atoms with Crippen molar-refractivity contribution in [3.8, 4) is 0 Å². The standard InChI is InChI=1S/C29H31FN6O3S/c1-4-21(7-5-14-31-22-9-11-23(12-10-22)35(2)29(38)39-3)24-19-40-28(33-24)34-27(37)25-8-6-16-36(25)18-20-13-15-32-26(30)17-20/h4,6,8-13,15-17,19,31H,5,7,14,18H2,1-3H3,(H,33,34,37)/b21-4+. The Morgan fingerprint density at radius 3 is 2.73 bits per heavy atom. The Morgan fingerprint density at radius 2 is 2.00 bits per heavy atom. The molecule has 0 radical (unpaired) electrons. The third-order valence-corrected chi connectivity index (χ3v) is 7.02. The van der Waals surface area contributed by atoms with Crippen molar-refractivity contribution < 1.29 is 18.7 Å². The number of nitrogens with one attached hydrogen (secondary N) is 2. The monoisotopic (exact) mass is 562 g/mol. The Kier molecular flexibility index (Phi) is 9.63. The normalized spacial score (nSPS) is 11.2. The molecule has 4 rings (SSSR count). The number of carbonyl (C=O) groups is 2. The van der Waals surface area contributed by atoms with E-state index in [4.69, 9.17) is 4.74 Å². The second kappa shape index (κ2) is 13.5. The van der Waals surface area contributed by atoms with Crippen LogP contribution in [0.5, 0.6) is 0 Å². The summed E-state index contributed by atoms with van der Waals surface area (Å²) in [6.45, 7) is 3.09. The summed E-state index contributed by atoms with van der Waals surface area (Å²) in [5, 5.41) is 8.73. The van der Waals surface area contributed by atoms with Gasteiger partial charge < -0.3 is 14.6 Å². The van der Waals surface area contributed by atoms with Gasteiger partial charge in [0, 0.05) is 49.3 Å². The number of halogens is 1. The molecule has 2 amide bonds. The zero-order chi connectivity index (χ0) is 28.5. The van der Waals surface area contributed by atoms with Crippen LogP contribution in [0, 0.1) is 5.95 Å². The summed E-state index contributed by atoms with van der Waals surface area (Å²) in [4.78, 5) is 34.3. The lowest BCUT2D eigenvalue weighted by Crippen LogP contribution is -2.25. The summed E-state index contributed by atoms with van der Waals surface area (Å²) in [5.41, 5.74) is 4.80. The van der Waals surface area contributed by atoms with Crippen LogP contribution in [-0.2, 0) is 11.3 Å². The minimum absolute atomic E-state index is 0.282. The largest absolute Gasteiger partial charge is 0.452 e. The van der Waals surface area contributed by atoms with E-state index in [0.29, 0.717) is 22.9 Å². The van der Waals surface area contributed by atoms with E-state index in [9.17, 15) is 14.0 Å². The van der Waals surface area contributed by atoms with Crippen molar-refractivity contribution in [2.24, 2.45) is 0 Å². The number of methoxy groups -OCH3 is 1. The van der Waals surface area contributed by atoms with Gasteiger partial charge in [-0.1, -0.05) is 6.08 Å². The lowest BCUT2D eigenvalue weighted by molar-refractivity contribution is 0.101. The number of hydrogen-bond donors (Lipinski definition) is 2. The van der Waals surface area contributed by atoms with Crippen LogP contribution in [0.4, 0.5) is 25.7 Å². The molecule has 0 spiro atoms. The smallest absolute Gasteiger partial charge is 0.413 e. The second-order valence-electron chi connectivity index (χ2n) is 8.92. The molecule has 11 heteroatoms. The lowest BCUT2D eigenvalue weighted by Gasteiger charge is -2.16. The van der Waals surface area contributed by atoms with Gasteiger partial charge in [-0.25, -0.2) is 14.8 Å². The topological polar surface area (TPSA) is 101 Å². The van der Waals surface area contributed by atoms with Crippen LogP contribution in [0.3, 0.4) is 0 Å². The van der Waals surface area contributed by atoms with E-state index >= 15 is 0 Å². The van der Waals surface area contributed by atoms with E-state index in [1.165, 1.54) is 35.6 Å². The van der Waals surface area contributed by atoms with Gasteiger partial charge in [0.15, 0.2) is 5.13 Å². The number of aromatic nitrogens is 3. The van der Waals surface area contributed by atoms with Gasteiger partial charge in [-0.15, -0.1) is 11.3 Å². The molecule has 0 unspecified atom stereocenters. The summed E-state index contributed by atoms with van der Waals surface area (Å²) < 4.78 is 20.0. The number of anilines is 3. The van der Waals surface area contributed by atoms with E-state index in [-0.39, 0.29) is 5.91 Å². The number of thiazole rings is 1.